The summed E-state index contributed by atoms with van der Waals surface area (Å²) in [6.07, 6.45) is 14.1. The fraction of sp³-hybridized carbons (Fsp3) is 0.867. The van der Waals surface area contributed by atoms with Crippen LogP contribution >= 0.6 is 0 Å². The van der Waals surface area contributed by atoms with Crippen LogP contribution < -0.4 is 5.73 Å². The lowest BCUT2D eigenvalue weighted by atomic mass is 10.1. The third kappa shape index (κ3) is 15.1. The molecule has 0 rings (SSSR count). The number of carbonyl (C=O) groups is 1. The van der Waals surface area contributed by atoms with Crippen molar-refractivity contribution < 1.29 is 4.79 Å². The van der Waals surface area contributed by atoms with Crippen molar-refractivity contribution in [2.45, 2.75) is 70.6 Å². The third-order valence-electron chi connectivity index (χ3n) is 3.01. The van der Waals surface area contributed by atoms with Crippen LogP contribution in [0, 0.1) is 6.07 Å². The first-order valence-corrected chi connectivity index (χ1v) is 7.45. The van der Waals surface area contributed by atoms with Gasteiger partial charge in [-0.15, -0.1) is 0 Å². The molecule has 0 saturated carbocycles. The molecule has 0 aromatic rings. The van der Waals surface area contributed by atoms with Crippen molar-refractivity contribution in [2.24, 2.45) is 5.73 Å². The average molecular weight is 253 g/mol. The minimum Gasteiger partial charge on any atom is -0.330 e. The fourth-order valence-corrected chi connectivity index (χ4v) is 1.93. The van der Waals surface area contributed by atoms with Gasteiger partial charge in [0.25, 0.3) is 12.6 Å². The molecule has 2 N–H and O–H groups in total. The van der Waals surface area contributed by atoms with Crippen molar-refractivity contribution in [1.82, 2.24) is 0 Å². The quantitative estimate of drug-likeness (QED) is 0.425. The van der Waals surface area contributed by atoms with Crippen LogP contribution in [0.1, 0.15) is 70.6 Å². The Morgan fingerprint density at radius 1 is 0.833 bits per heavy atom. The molecular formula is C15H29N2O+. The molecule has 3 heteroatoms. The summed E-state index contributed by atoms with van der Waals surface area (Å²) in [4.78, 5) is 14.0. The van der Waals surface area contributed by atoms with E-state index in [2.05, 4.69) is 10.9 Å². The molecule has 0 fully saturated rings. The standard InChI is InChI=1S/C15H29N2O/c16-12-9-7-5-3-1-2-4-6-8-10-13-17-14-11-15-18/h15H,1-13,16H2/q+1. The summed E-state index contributed by atoms with van der Waals surface area (Å²) in [7, 11) is 0. The number of nitrogens with zero attached hydrogens (tertiary/aromatic N) is 1. The van der Waals surface area contributed by atoms with Gasteiger partial charge in [-0.1, -0.05) is 49.8 Å². The van der Waals surface area contributed by atoms with E-state index in [0.717, 1.165) is 25.8 Å². The van der Waals surface area contributed by atoms with Gasteiger partial charge in [-0.25, -0.2) is 0 Å². The lowest BCUT2D eigenvalue weighted by Gasteiger charge is -2.00. The van der Waals surface area contributed by atoms with Gasteiger partial charge in [-0.05, 0) is 19.4 Å². The summed E-state index contributed by atoms with van der Waals surface area (Å²) < 4.78 is 0. The highest BCUT2D eigenvalue weighted by molar-refractivity contribution is 5.53. The van der Waals surface area contributed by atoms with Gasteiger partial charge in [0.1, 0.15) is 12.7 Å². The maximum absolute atomic E-state index is 9.99. The molecule has 104 valence electrons. The summed E-state index contributed by atoms with van der Waals surface area (Å²) in [6.45, 7) is 1.67. The minimum atomic E-state index is 0.337. The summed E-state index contributed by atoms with van der Waals surface area (Å²) in [5.41, 5.74) is 5.45. The van der Waals surface area contributed by atoms with E-state index in [0.29, 0.717) is 6.42 Å². The zero-order chi connectivity index (χ0) is 13.3. The monoisotopic (exact) mass is 253 g/mol. The zero-order valence-corrected chi connectivity index (χ0v) is 11.7. The van der Waals surface area contributed by atoms with E-state index in [1.54, 1.807) is 0 Å². The second kappa shape index (κ2) is 16.1. The minimum absolute atomic E-state index is 0.337. The molecule has 0 radical (unpaired) electrons. The lowest BCUT2D eigenvalue weighted by Crippen LogP contribution is -1.97. The molecule has 0 atom stereocenters. The van der Waals surface area contributed by atoms with E-state index in [9.17, 15) is 4.79 Å². The Bertz CT molecular complexity index is 230. The predicted octanol–water partition coefficient (Wildman–Crippen LogP) is 3.77. The highest BCUT2D eigenvalue weighted by atomic mass is 16.1. The van der Waals surface area contributed by atoms with Crippen molar-refractivity contribution in [1.29, 1.82) is 0 Å². The topological polar surface area (TPSA) is 47.5 Å². The van der Waals surface area contributed by atoms with Crippen LogP contribution in [-0.4, -0.2) is 19.4 Å². The molecule has 0 spiro atoms. The van der Waals surface area contributed by atoms with E-state index < -0.39 is 0 Å². The van der Waals surface area contributed by atoms with E-state index >= 15 is 0 Å². The van der Waals surface area contributed by atoms with Gasteiger partial charge < -0.3 is 10.5 Å². The molecule has 0 aliphatic rings. The van der Waals surface area contributed by atoms with Crippen LogP contribution in [0.4, 0.5) is 0 Å². The van der Waals surface area contributed by atoms with E-state index in [1.807, 2.05) is 0 Å². The summed E-state index contributed by atoms with van der Waals surface area (Å²) >= 11 is 0. The Kier molecular flexibility index (Phi) is 15.3. The van der Waals surface area contributed by atoms with Gasteiger partial charge in [0, 0.05) is 6.42 Å². The van der Waals surface area contributed by atoms with E-state index in [-0.39, 0.29) is 0 Å². The molecular weight excluding hydrogens is 224 g/mol. The molecule has 0 bridgehead atoms. The fourth-order valence-electron chi connectivity index (χ4n) is 1.93. The Labute approximate surface area is 112 Å². The number of carbonyl (C=O) groups excluding carboxylic acids is 1. The first kappa shape index (κ1) is 17.1. The van der Waals surface area contributed by atoms with Crippen LogP contribution in [0.3, 0.4) is 0 Å². The van der Waals surface area contributed by atoms with Crippen LogP contribution in [0.2, 0.25) is 0 Å². The Morgan fingerprint density at radius 2 is 1.33 bits per heavy atom. The molecule has 0 heterocycles. The lowest BCUT2D eigenvalue weighted by molar-refractivity contribution is -0.107. The number of unbranched alkanes of at least 4 members (excludes halogenated alkanes) is 9. The Morgan fingerprint density at radius 3 is 1.83 bits per heavy atom. The molecule has 0 saturated heterocycles. The first-order chi connectivity index (χ1) is 8.91. The molecule has 0 aromatic heterocycles. The van der Waals surface area contributed by atoms with Crippen molar-refractivity contribution in [2.75, 3.05) is 13.1 Å². The second-order valence-corrected chi connectivity index (χ2v) is 4.73. The molecule has 18 heavy (non-hydrogen) atoms. The molecule has 0 aliphatic heterocycles. The predicted molar refractivity (Wildman–Crippen MR) is 78.0 cm³/mol. The van der Waals surface area contributed by atoms with E-state index in [1.165, 1.54) is 57.8 Å². The highest BCUT2D eigenvalue weighted by Gasteiger charge is 1.95. The van der Waals surface area contributed by atoms with Crippen molar-refractivity contribution in [3.8, 4) is 6.07 Å². The molecule has 3 nitrogen and oxygen atoms in total. The van der Waals surface area contributed by atoms with Gasteiger partial charge in [-0.3, -0.25) is 0 Å². The van der Waals surface area contributed by atoms with Crippen molar-refractivity contribution in [3.63, 3.8) is 0 Å². The average Bonchev–Trinajstić information content (AvgIpc) is 2.39. The van der Waals surface area contributed by atoms with Gasteiger partial charge >= 0.3 is 0 Å². The SMILES string of the molecule is NCCCCCCCCCCCC[N+]#CCC=O. The largest absolute Gasteiger partial charge is 0.330 e. The third-order valence-corrected chi connectivity index (χ3v) is 3.01. The summed E-state index contributed by atoms with van der Waals surface area (Å²) in [6, 6.07) is 2.72. The Balaban J connectivity index is 2.99. The zero-order valence-electron chi connectivity index (χ0n) is 11.7. The molecule has 0 unspecified atom stereocenters. The molecule has 0 aromatic carbocycles. The maximum Gasteiger partial charge on any atom is 0.280 e. The molecule has 0 amide bonds. The van der Waals surface area contributed by atoms with Crippen molar-refractivity contribution >= 4 is 6.29 Å². The van der Waals surface area contributed by atoms with Gasteiger partial charge in [-0.2, -0.15) is 0 Å². The van der Waals surface area contributed by atoms with Crippen LogP contribution in [0.15, 0.2) is 0 Å². The number of rotatable bonds is 12. The van der Waals surface area contributed by atoms with Gasteiger partial charge in [0.2, 0.25) is 0 Å². The molecule has 0 aliphatic carbocycles. The van der Waals surface area contributed by atoms with E-state index in [4.69, 9.17) is 5.73 Å². The highest BCUT2D eigenvalue weighted by Crippen LogP contribution is 2.10. The smallest absolute Gasteiger partial charge is 0.280 e. The van der Waals surface area contributed by atoms with Crippen LogP contribution in [0.5, 0.6) is 0 Å². The number of aldehydes is 1. The van der Waals surface area contributed by atoms with Gasteiger partial charge in [0.05, 0.1) is 0 Å². The maximum atomic E-state index is 9.99. The van der Waals surface area contributed by atoms with Crippen LogP contribution in [0.25, 0.3) is 4.85 Å². The van der Waals surface area contributed by atoms with Gasteiger partial charge in [0.15, 0.2) is 0 Å². The number of nitrogens with two attached hydrogens (primary N) is 1. The normalized spacial score (nSPS) is 9.83. The van der Waals surface area contributed by atoms with Crippen molar-refractivity contribution in [3.05, 3.63) is 4.85 Å². The summed E-state index contributed by atoms with van der Waals surface area (Å²) in [5, 5.41) is 0. The number of hydrogen-bond acceptors (Lipinski definition) is 2. The second-order valence-electron chi connectivity index (χ2n) is 4.73. The number of hydrogen-bond donors (Lipinski definition) is 1. The van der Waals surface area contributed by atoms with Crippen LogP contribution in [-0.2, 0) is 4.79 Å². The summed E-state index contributed by atoms with van der Waals surface area (Å²) in [5.74, 6) is 0. The Hall–Kier alpha value is -0.880. The first-order valence-electron chi connectivity index (χ1n) is 7.45.